The van der Waals surface area contributed by atoms with E-state index >= 15 is 0 Å². The second-order valence-corrected chi connectivity index (χ2v) is 4.67. The number of nitrogens with one attached hydrogen (secondary N) is 2. The molecule has 2 N–H and O–H groups in total. The number of amides is 1. The standard InChI is InChI=1S/C15H24N2O2.ClH/c1-12-5-6-13(2)14(11-12)19-10-7-15(18)17-9-4-8-16-3;/h5-6,11,16H,4,7-10H2,1-3H3,(H,17,18);1H. The third-order valence-electron chi connectivity index (χ3n) is 2.86. The molecule has 0 bridgehead atoms. The van der Waals surface area contributed by atoms with Gasteiger partial charge in [-0.05, 0) is 51.1 Å². The molecule has 0 radical (unpaired) electrons. The van der Waals surface area contributed by atoms with Crippen LogP contribution in [0.15, 0.2) is 18.2 Å². The van der Waals surface area contributed by atoms with Crippen LogP contribution in [0.25, 0.3) is 0 Å². The van der Waals surface area contributed by atoms with E-state index in [-0.39, 0.29) is 18.3 Å². The minimum Gasteiger partial charge on any atom is -0.493 e. The van der Waals surface area contributed by atoms with Gasteiger partial charge in [0.15, 0.2) is 0 Å². The zero-order valence-corrected chi connectivity index (χ0v) is 13.3. The average molecular weight is 301 g/mol. The van der Waals surface area contributed by atoms with Crippen molar-refractivity contribution < 1.29 is 9.53 Å². The molecule has 0 saturated heterocycles. The summed E-state index contributed by atoms with van der Waals surface area (Å²) in [6, 6.07) is 6.08. The van der Waals surface area contributed by atoms with Crippen molar-refractivity contribution in [1.29, 1.82) is 0 Å². The van der Waals surface area contributed by atoms with Gasteiger partial charge in [-0.1, -0.05) is 12.1 Å². The Morgan fingerprint density at radius 3 is 2.70 bits per heavy atom. The molecule has 1 aromatic rings. The first-order valence-corrected chi connectivity index (χ1v) is 6.75. The van der Waals surface area contributed by atoms with E-state index < -0.39 is 0 Å². The van der Waals surface area contributed by atoms with Gasteiger partial charge < -0.3 is 15.4 Å². The maximum Gasteiger partial charge on any atom is 0.223 e. The van der Waals surface area contributed by atoms with Gasteiger partial charge in [0.25, 0.3) is 0 Å². The summed E-state index contributed by atoms with van der Waals surface area (Å²) in [5.74, 6) is 0.907. The Balaban J connectivity index is 0.00000361. The van der Waals surface area contributed by atoms with Gasteiger partial charge in [0.05, 0.1) is 13.0 Å². The lowest BCUT2D eigenvalue weighted by Crippen LogP contribution is -2.27. The van der Waals surface area contributed by atoms with Crippen molar-refractivity contribution in [2.24, 2.45) is 0 Å². The molecule has 0 spiro atoms. The minimum atomic E-state index is 0. The highest BCUT2D eigenvalue weighted by Crippen LogP contribution is 2.19. The molecule has 20 heavy (non-hydrogen) atoms. The van der Waals surface area contributed by atoms with Crippen LogP contribution in [0.5, 0.6) is 5.75 Å². The lowest BCUT2D eigenvalue weighted by molar-refractivity contribution is -0.121. The van der Waals surface area contributed by atoms with Crippen molar-refractivity contribution in [2.75, 3.05) is 26.7 Å². The average Bonchev–Trinajstić information content (AvgIpc) is 2.39. The molecule has 5 heteroatoms. The van der Waals surface area contributed by atoms with Crippen molar-refractivity contribution in [2.45, 2.75) is 26.7 Å². The van der Waals surface area contributed by atoms with Crippen LogP contribution in [0.4, 0.5) is 0 Å². The number of hydrogen-bond acceptors (Lipinski definition) is 3. The smallest absolute Gasteiger partial charge is 0.223 e. The van der Waals surface area contributed by atoms with Crippen molar-refractivity contribution in [3.63, 3.8) is 0 Å². The zero-order chi connectivity index (χ0) is 14.1. The van der Waals surface area contributed by atoms with Gasteiger partial charge in [0.1, 0.15) is 5.75 Å². The van der Waals surface area contributed by atoms with E-state index in [9.17, 15) is 4.79 Å². The van der Waals surface area contributed by atoms with E-state index in [4.69, 9.17) is 4.74 Å². The molecule has 1 amide bonds. The molecule has 0 saturated carbocycles. The Hall–Kier alpha value is -1.26. The second-order valence-electron chi connectivity index (χ2n) is 4.67. The van der Waals surface area contributed by atoms with E-state index in [1.165, 1.54) is 0 Å². The summed E-state index contributed by atoms with van der Waals surface area (Å²) < 4.78 is 5.64. The van der Waals surface area contributed by atoms with Crippen LogP contribution in [-0.2, 0) is 4.79 Å². The second kappa shape index (κ2) is 10.5. The Morgan fingerprint density at radius 2 is 2.00 bits per heavy atom. The Bertz CT molecular complexity index is 411. The molecule has 0 atom stereocenters. The molecule has 1 aromatic carbocycles. The van der Waals surface area contributed by atoms with Gasteiger partial charge in [0.2, 0.25) is 5.91 Å². The Kier molecular flexibility index (Phi) is 9.86. The molecule has 1 rings (SSSR count). The molecule has 0 aromatic heterocycles. The van der Waals surface area contributed by atoms with Gasteiger partial charge in [-0.15, -0.1) is 12.4 Å². The normalized spacial score (nSPS) is 9.75. The number of halogens is 1. The molecule has 0 aliphatic carbocycles. The number of aryl methyl sites for hydroxylation is 2. The quantitative estimate of drug-likeness (QED) is 0.724. The maximum atomic E-state index is 11.5. The Morgan fingerprint density at radius 1 is 1.25 bits per heavy atom. The van der Waals surface area contributed by atoms with Crippen LogP contribution >= 0.6 is 12.4 Å². The molecule has 0 fully saturated rings. The first kappa shape index (κ1) is 18.7. The lowest BCUT2D eigenvalue weighted by atomic mass is 10.1. The van der Waals surface area contributed by atoms with Crippen molar-refractivity contribution in [1.82, 2.24) is 10.6 Å². The largest absolute Gasteiger partial charge is 0.493 e. The summed E-state index contributed by atoms with van der Waals surface area (Å²) in [4.78, 5) is 11.5. The van der Waals surface area contributed by atoms with Gasteiger partial charge in [-0.2, -0.15) is 0 Å². The van der Waals surface area contributed by atoms with E-state index in [2.05, 4.69) is 16.7 Å². The minimum absolute atomic E-state index is 0. The van der Waals surface area contributed by atoms with Crippen molar-refractivity contribution in [3.8, 4) is 5.75 Å². The van der Waals surface area contributed by atoms with E-state index in [0.29, 0.717) is 19.6 Å². The summed E-state index contributed by atoms with van der Waals surface area (Å²) in [7, 11) is 1.90. The van der Waals surface area contributed by atoms with E-state index in [1.807, 2.05) is 33.0 Å². The van der Waals surface area contributed by atoms with Gasteiger partial charge in [-0.3, -0.25) is 4.79 Å². The van der Waals surface area contributed by atoms with Crippen LogP contribution in [0.2, 0.25) is 0 Å². The first-order valence-electron chi connectivity index (χ1n) is 6.75. The van der Waals surface area contributed by atoms with Crippen LogP contribution in [0.3, 0.4) is 0 Å². The van der Waals surface area contributed by atoms with Crippen LogP contribution in [-0.4, -0.2) is 32.7 Å². The fourth-order valence-electron chi connectivity index (χ4n) is 1.70. The summed E-state index contributed by atoms with van der Waals surface area (Å²) in [5, 5.41) is 5.91. The van der Waals surface area contributed by atoms with Crippen molar-refractivity contribution >= 4 is 18.3 Å². The number of hydrogen-bond donors (Lipinski definition) is 2. The topological polar surface area (TPSA) is 50.4 Å². The predicted octanol–water partition coefficient (Wildman–Crippen LogP) is 2.22. The highest BCUT2D eigenvalue weighted by atomic mass is 35.5. The van der Waals surface area contributed by atoms with E-state index in [1.54, 1.807) is 0 Å². The molecule has 0 aliphatic rings. The van der Waals surface area contributed by atoms with Gasteiger partial charge in [0, 0.05) is 6.54 Å². The van der Waals surface area contributed by atoms with E-state index in [0.717, 1.165) is 29.8 Å². The van der Waals surface area contributed by atoms with Crippen LogP contribution in [0, 0.1) is 13.8 Å². The van der Waals surface area contributed by atoms with Gasteiger partial charge in [-0.25, -0.2) is 0 Å². The molecule has 4 nitrogen and oxygen atoms in total. The number of carbonyl (C=O) groups excluding carboxylic acids is 1. The number of ether oxygens (including phenoxy) is 1. The highest BCUT2D eigenvalue weighted by molar-refractivity contribution is 5.85. The monoisotopic (exact) mass is 300 g/mol. The van der Waals surface area contributed by atoms with Crippen LogP contribution in [0.1, 0.15) is 24.0 Å². The molecule has 0 aliphatic heterocycles. The third-order valence-corrected chi connectivity index (χ3v) is 2.86. The SMILES string of the molecule is CNCCCNC(=O)CCOc1cc(C)ccc1C.Cl. The molecular formula is C15H25ClN2O2. The molecular weight excluding hydrogens is 276 g/mol. The van der Waals surface area contributed by atoms with Gasteiger partial charge >= 0.3 is 0 Å². The first-order chi connectivity index (χ1) is 9.13. The van der Waals surface area contributed by atoms with Crippen molar-refractivity contribution in [3.05, 3.63) is 29.3 Å². The molecule has 114 valence electrons. The number of rotatable bonds is 8. The maximum absolute atomic E-state index is 11.5. The summed E-state index contributed by atoms with van der Waals surface area (Å²) in [5.41, 5.74) is 2.26. The number of benzene rings is 1. The fourth-order valence-corrected chi connectivity index (χ4v) is 1.70. The fraction of sp³-hybridized carbons (Fsp3) is 0.533. The third kappa shape index (κ3) is 7.36. The summed E-state index contributed by atoms with van der Waals surface area (Å²) >= 11 is 0. The summed E-state index contributed by atoms with van der Waals surface area (Å²) in [6.45, 7) is 6.08. The molecule has 0 unspecified atom stereocenters. The predicted molar refractivity (Wildman–Crippen MR) is 84.8 cm³/mol. The zero-order valence-electron chi connectivity index (χ0n) is 12.5. The Labute approximate surface area is 127 Å². The molecule has 0 heterocycles. The van der Waals surface area contributed by atoms with Crippen LogP contribution < -0.4 is 15.4 Å². The highest BCUT2D eigenvalue weighted by Gasteiger charge is 2.03. The lowest BCUT2D eigenvalue weighted by Gasteiger charge is -2.10. The number of carbonyl (C=O) groups is 1. The summed E-state index contributed by atoms with van der Waals surface area (Å²) in [6.07, 6.45) is 1.34.